The van der Waals surface area contributed by atoms with Crippen LogP contribution in [0.4, 0.5) is 0 Å². The molecular formula is C19H16O6. The zero-order chi connectivity index (χ0) is 17.6. The maximum Gasteiger partial charge on any atom is 0.374 e. The predicted molar refractivity (Wildman–Crippen MR) is 91.3 cm³/mol. The number of hydrogen-bond donors (Lipinski definition) is 0. The molecule has 0 spiro atoms. The Morgan fingerprint density at radius 1 is 1.00 bits per heavy atom. The van der Waals surface area contributed by atoms with Crippen molar-refractivity contribution in [1.82, 2.24) is 0 Å². The molecule has 3 aromatic rings. The lowest BCUT2D eigenvalue weighted by Crippen LogP contribution is -2.14. The second-order valence-corrected chi connectivity index (χ2v) is 5.13. The number of esters is 1. The Kier molecular flexibility index (Phi) is 4.99. The van der Waals surface area contributed by atoms with E-state index in [4.69, 9.17) is 18.6 Å². The molecule has 6 nitrogen and oxygen atoms in total. The molecule has 0 atom stereocenters. The van der Waals surface area contributed by atoms with Crippen molar-refractivity contribution in [2.75, 3.05) is 20.3 Å². The van der Waals surface area contributed by atoms with E-state index < -0.39 is 5.97 Å². The molecule has 0 fully saturated rings. The minimum Gasteiger partial charge on any atom is -0.497 e. The third-order valence-corrected chi connectivity index (χ3v) is 3.48. The van der Waals surface area contributed by atoms with Crippen LogP contribution in [0.3, 0.4) is 0 Å². The average molecular weight is 340 g/mol. The van der Waals surface area contributed by atoms with E-state index in [2.05, 4.69) is 0 Å². The van der Waals surface area contributed by atoms with Crippen molar-refractivity contribution in [2.24, 2.45) is 0 Å². The van der Waals surface area contributed by atoms with Gasteiger partial charge in [0.1, 0.15) is 30.3 Å². The summed E-state index contributed by atoms with van der Waals surface area (Å²) in [4.78, 5) is 24.0. The van der Waals surface area contributed by atoms with Crippen LogP contribution in [0.2, 0.25) is 0 Å². The van der Waals surface area contributed by atoms with E-state index in [9.17, 15) is 9.59 Å². The van der Waals surface area contributed by atoms with Crippen LogP contribution in [-0.2, 0) is 4.74 Å². The average Bonchev–Trinajstić information content (AvgIpc) is 2.65. The zero-order valence-corrected chi connectivity index (χ0v) is 13.6. The fourth-order valence-corrected chi connectivity index (χ4v) is 2.24. The third-order valence-electron chi connectivity index (χ3n) is 3.48. The maximum atomic E-state index is 12.0. The molecule has 0 aliphatic carbocycles. The SMILES string of the molecule is COc1ccc(OCCOC(=O)c2cc(=O)c3ccccc3o2)cc1. The summed E-state index contributed by atoms with van der Waals surface area (Å²) in [6.45, 7) is 0.206. The summed E-state index contributed by atoms with van der Waals surface area (Å²) in [7, 11) is 1.58. The van der Waals surface area contributed by atoms with Gasteiger partial charge in [-0.15, -0.1) is 0 Å². The molecule has 128 valence electrons. The molecule has 0 saturated carbocycles. The highest BCUT2D eigenvalue weighted by atomic mass is 16.6. The topological polar surface area (TPSA) is 75.0 Å². The summed E-state index contributed by atoms with van der Waals surface area (Å²) >= 11 is 0. The summed E-state index contributed by atoms with van der Waals surface area (Å²) in [5.74, 6) is 0.522. The monoisotopic (exact) mass is 340 g/mol. The Bertz CT molecular complexity index is 927. The number of methoxy groups -OCH3 is 1. The predicted octanol–water partition coefficient (Wildman–Crippen LogP) is 3.04. The molecule has 1 heterocycles. The Balaban J connectivity index is 1.56. The Morgan fingerprint density at radius 3 is 2.48 bits per heavy atom. The van der Waals surface area contributed by atoms with Crippen LogP contribution in [-0.4, -0.2) is 26.3 Å². The minimum atomic E-state index is -0.707. The van der Waals surface area contributed by atoms with Crippen molar-refractivity contribution < 1.29 is 23.4 Å². The maximum absolute atomic E-state index is 12.0. The molecule has 25 heavy (non-hydrogen) atoms. The van der Waals surface area contributed by atoms with Gasteiger partial charge >= 0.3 is 5.97 Å². The van der Waals surface area contributed by atoms with Crippen LogP contribution < -0.4 is 14.9 Å². The molecule has 1 aromatic heterocycles. The molecular weight excluding hydrogens is 324 g/mol. The molecule has 0 aliphatic rings. The Labute approximate surface area is 143 Å². The van der Waals surface area contributed by atoms with Gasteiger partial charge < -0.3 is 18.6 Å². The van der Waals surface area contributed by atoms with Gasteiger partial charge in [0.2, 0.25) is 5.76 Å². The first-order chi connectivity index (χ1) is 12.2. The number of carbonyl (C=O) groups excluding carboxylic acids is 1. The number of rotatable bonds is 6. The van der Waals surface area contributed by atoms with Crippen molar-refractivity contribution in [1.29, 1.82) is 0 Å². The highest BCUT2D eigenvalue weighted by Gasteiger charge is 2.13. The van der Waals surface area contributed by atoms with Crippen LogP contribution in [0.1, 0.15) is 10.6 Å². The first kappa shape index (κ1) is 16.6. The summed E-state index contributed by atoms with van der Waals surface area (Å²) in [6.07, 6.45) is 0. The van der Waals surface area contributed by atoms with Gasteiger partial charge in [-0.2, -0.15) is 0 Å². The summed E-state index contributed by atoms with van der Waals surface area (Å²) in [6, 6.07) is 14.9. The fraction of sp³-hybridized carbons (Fsp3) is 0.158. The lowest BCUT2D eigenvalue weighted by Gasteiger charge is -2.08. The van der Waals surface area contributed by atoms with Crippen molar-refractivity contribution in [3.05, 3.63) is 70.6 Å². The summed E-state index contributed by atoms with van der Waals surface area (Å²) in [5.41, 5.74) is 0.0553. The van der Waals surface area contributed by atoms with Crippen LogP contribution in [0.5, 0.6) is 11.5 Å². The first-order valence-electron chi connectivity index (χ1n) is 7.64. The van der Waals surface area contributed by atoms with Gasteiger partial charge in [-0.25, -0.2) is 4.79 Å². The van der Waals surface area contributed by atoms with E-state index in [-0.39, 0.29) is 24.4 Å². The number of benzene rings is 2. The van der Waals surface area contributed by atoms with Gasteiger partial charge in [-0.05, 0) is 36.4 Å². The van der Waals surface area contributed by atoms with E-state index in [1.165, 1.54) is 0 Å². The number of para-hydroxylation sites is 1. The van der Waals surface area contributed by atoms with Gasteiger partial charge in [0.05, 0.1) is 12.5 Å². The molecule has 0 N–H and O–H groups in total. The smallest absolute Gasteiger partial charge is 0.374 e. The molecule has 0 bridgehead atoms. The third kappa shape index (κ3) is 3.98. The molecule has 6 heteroatoms. The molecule has 3 rings (SSSR count). The van der Waals surface area contributed by atoms with Crippen molar-refractivity contribution in [2.45, 2.75) is 0 Å². The Morgan fingerprint density at radius 2 is 1.72 bits per heavy atom. The van der Waals surface area contributed by atoms with Crippen molar-refractivity contribution in [3.8, 4) is 11.5 Å². The Hall–Kier alpha value is -3.28. The highest BCUT2D eigenvalue weighted by molar-refractivity contribution is 5.88. The van der Waals surface area contributed by atoms with E-state index in [0.29, 0.717) is 16.7 Å². The molecule has 0 unspecified atom stereocenters. The summed E-state index contributed by atoms with van der Waals surface area (Å²) < 4.78 is 21.0. The number of carbonyl (C=O) groups is 1. The van der Waals surface area contributed by atoms with Crippen LogP contribution in [0, 0.1) is 0 Å². The zero-order valence-electron chi connectivity index (χ0n) is 13.6. The highest BCUT2D eigenvalue weighted by Crippen LogP contribution is 2.17. The molecule has 0 radical (unpaired) electrons. The molecule has 0 amide bonds. The summed E-state index contributed by atoms with van der Waals surface area (Å²) in [5, 5.41) is 0.418. The largest absolute Gasteiger partial charge is 0.497 e. The second kappa shape index (κ2) is 7.53. The van der Waals surface area contributed by atoms with Gasteiger partial charge in [-0.1, -0.05) is 12.1 Å². The van der Waals surface area contributed by atoms with Crippen LogP contribution >= 0.6 is 0 Å². The fourth-order valence-electron chi connectivity index (χ4n) is 2.24. The quantitative estimate of drug-likeness (QED) is 0.507. The van der Waals surface area contributed by atoms with E-state index >= 15 is 0 Å². The molecule has 0 saturated heterocycles. The van der Waals surface area contributed by atoms with Crippen molar-refractivity contribution in [3.63, 3.8) is 0 Å². The number of fused-ring (bicyclic) bond motifs is 1. The van der Waals surface area contributed by atoms with Crippen LogP contribution in [0.25, 0.3) is 11.0 Å². The van der Waals surface area contributed by atoms with Crippen LogP contribution in [0.15, 0.2) is 63.8 Å². The van der Waals surface area contributed by atoms with Gasteiger partial charge in [-0.3, -0.25) is 4.79 Å². The van der Waals surface area contributed by atoms with Crippen molar-refractivity contribution >= 4 is 16.9 Å². The lowest BCUT2D eigenvalue weighted by molar-refractivity contribution is 0.0415. The van der Waals surface area contributed by atoms with E-state index in [1.54, 1.807) is 55.6 Å². The number of ether oxygens (including phenoxy) is 3. The van der Waals surface area contributed by atoms with Gasteiger partial charge in [0.25, 0.3) is 0 Å². The van der Waals surface area contributed by atoms with E-state index in [1.807, 2.05) is 0 Å². The standard InChI is InChI=1S/C19H16O6/c1-22-13-6-8-14(9-7-13)23-10-11-24-19(21)18-12-16(20)15-4-2-3-5-17(15)25-18/h2-9,12H,10-11H2,1H3. The molecule has 0 aliphatic heterocycles. The normalized spacial score (nSPS) is 10.4. The second-order valence-electron chi connectivity index (χ2n) is 5.13. The van der Waals surface area contributed by atoms with Gasteiger partial charge in [0.15, 0.2) is 5.43 Å². The van der Waals surface area contributed by atoms with Gasteiger partial charge in [0, 0.05) is 6.07 Å². The lowest BCUT2D eigenvalue weighted by atomic mass is 10.2. The minimum absolute atomic E-state index is 0.0292. The van der Waals surface area contributed by atoms with E-state index in [0.717, 1.165) is 11.8 Å². The number of hydrogen-bond acceptors (Lipinski definition) is 6. The molecule has 2 aromatic carbocycles. The first-order valence-corrected chi connectivity index (χ1v) is 7.64.